The molecule has 1 aliphatic heterocycles. The van der Waals surface area contributed by atoms with Gasteiger partial charge in [0.1, 0.15) is 0 Å². The Labute approximate surface area is 106 Å². The van der Waals surface area contributed by atoms with Gasteiger partial charge in [-0.3, -0.25) is 0 Å². The molecule has 3 heteroatoms. The Bertz CT molecular complexity index is 248. The van der Waals surface area contributed by atoms with Crippen molar-refractivity contribution in [3.8, 4) is 0 Å². The van der Waals surface area contributed by atoms with E-state index in [4.69, 9.17) is 18.0 Å². The molecule has 1 fully saturated rings. The third kappa shape index (κ3) is 3.42. The SMILES string of the molecule is CC(C)C1CCCN1CCC(C)(C)C(N)=S. The van der Waals surface area contributed by atoms with Crippen molar-refractivity contribution in [3.05, 3.63) is 0 Å². The quantitative estimate of drug-likeness (QED) is 0.752. The van der Waals surface area contributed by atoms with E-state index in [2.05, 4.69) is 32.6 Å². The molecule has 2 N–H and O–H groups in total. The molecule has 1 saturated heterocycles. The maximum atomic E-state index is 5.76. The molecule has 2 nitrogen and oxygen atoms in total. The second kappa shape index (κ2) is 5.46. The van der Waals surface area contributed by atoms with Gasteiger partial charge in [-0.25, -0.2) is 0 Å². The fourth-order valence-electron chi connectivity index (χ4n) is 2.43. The average Bonchev–Trinajstić information content (AvgIpc) is 2.62. The number of thiocarbonyl (C=S) groups is 1. The van der Waals surface area contributed by atoms with Crippen molar-refractivity contribution in [2.24, 2.45) is 17.1 Å². The van der Waals surface area contributed by atoms with Gasteiger partial charge in [0.25, 0.3) is 0 Å². The summed E-state index contributed by atoms with van der Waals surface area (Å²) in [5, 5.41) is 0. The van der Waals surface area contributed by atoms with Gasteiger partial charge < -0.3 is 10.6 Å². The summed E-state index contributed by atoms with van der Waals surface area (Å²) in [4.78, 5) is 3.26. The lowest BCUT2D eigenvalue weighted by Gasteiger charge is -2.31. The molecule has 0 aromatic heterocycles. The molecule has 0 aliphatic carbocycles. The molecule has 1 unspecified atom stereocenters. The number of hydrogen-bond donors (Lipinski definition) is 1. The van der Waals surface area contributed by atoms with Crippen molar-refractivity contribution in [1.29, 1.82) is 0 Å². The summed E-state index contributed by atoms with van der Waals surface area (Å²) in [6.07, 6.45) is 3.77. The van der Waals surface area contributed by atoms with Crippen molar-refractivity contribution in [2.45, 2.75) is 53.0 Å². The Kier molecular flexibility index (Phi) is 4.74. The minimum absolute atomic E-state index is 0.000543. The lowest BCUT2D eigenvalue weighted by atomic mass is 9.89. The number of hydrogen-bond acceptors (Lipinski definition) is 2. The molecule has 0 spiro atoms. The highest BCUT2D eigenvalue weighted by Gasteiger charge is 2.29. The zero-order valence-electron chi connectivity index (χ0n) is 11.1. The molecule has 1 aliphatic rings. The molecule has 1 atom stereocenters. The molecule has 0 aromatic carbocycles. The van der Waals surface area contributed by atoms with Crippen molar-refractivity contribution in [3.63, 3.8) is 0 Å². The normalized spacial score (nSPS) is 22.9. The zero-order chi connectivity index (χ0) is 12.3. The standard InChI is InChI=1S/C13H26N2S/c1-10(2)11-6-5-8-15(11)9-7-13(3,4)12(14)16/h10-11H,5-9H2,1-4H3,(H2,14,16). The molecule has 0 aromatic rings. The number of rotatable bonds is 5. The maximum absolute atomic E-state index is 5.76. The third-order valence-corrected chi connectivity index (χ3v) is 4.43. The van der Waals surface area contributed by atoms with Gasteiger partial charge in [0.05, 0.1) is 4.99 Å². The van der Waals surface area contributed by atoms with Crippen LogP contribution in [-0.2, 0) is 0 Å². The lowest BCUT2D eigenvalue weighted by molar-refractivity contribution is 0.190. The van der Waals surface area contributed by atoms with E-state index >= 15 is 0 Å². The number of nitrogens with two attached hydrogens (primary N) is 1. The first-order chi connectivity index (χ1) is 7.34. The fourth-order valence-corrected chi connectivity index (χ4v) is 2.53. The summed E-state index contributed by atoms with van der Waals surface area (Å²) in [7, 11) is 0. The highest BCUT2D eigenvalue weighted by molar-refractivity contribution is 7.80. The molecule has 0 amide bonds. The predicted molar refractivity (Wildman–Crippen MR) is 74.6 cm³/mol. The van der Waals surface area contributed by atoms with E-state index in [9.17, 15) is 0 Å². The monoisotopic (exact) mass is 242 g/mol. The van der Waals surface area contributed by atoms with Crippen molar-refractivity contribution < 1.29 is 0 Å². The Balaban J connectivity index is 2.46. The van der Waals surface area contributed by atoms with Crippen molar-refractivity contribution in [2.75, 3.05) is 13.1 Å². The van der Waals surface area contributed by atoms with E-state index in [0.29, 0.717) is 4.99 Å². The lowest BCUT2D eigenvalue weighted by Crippen LogP contribution is -2.38. The highest BCUT2D eigenvalue weighted by Crippen LogP contribution is 2.27. The van der Waals surface area contributed by atoms with E-state index in [1.807, 2.05) is 0 Å². The van der Waals surface area contributed by atoms with Gasteiger partial charge in [-0.1, -0.05) is 39.9 Å². The summed E-state index contributed by atoms with van der Waals surface area (Å²) >= 11 is 5.11. The topological polar surface area (TPSA) is 29.3 Å². The van der Waals surface area contributed by atoms with Gasteiger partial charge in [-0.05, 0) is 38.3 Å². The van der Waals surface area contributed by atoms with Crippen molar-refractivity contribution >= 4 is 17.2 Å². The number of nitrogens with zero attached hydrogens (tertiary/aromatic N) is 1. The van der Waals surface area contributed by atoms with Crippen LogP contribution in [0.1, 0.15) is 47.0 Å². The first-order valence-corrected chi connectivity index (χ1v) is 6.79. The summed E-state index contributed by atoms with van der Waals surface area (Å²) < 4.78 is 0. The van der Waals surface area contributed by atoms with Gasteiger partial charge in [0, 0.05) is 11.5 Å². The minimum Gasteiger partial charge on any atom is -0.393 e. The van der Waals surface area contributed by atoms with E-state index in [-0.39, 0.29) is 5.41 Å². The van der Waals surface area contributed by atoms with E-state index in [1.54, 1.807) is 0 Å². The van der Waals surface area contributed by atoms with Crippen LogP contribution >= 0.6 is 12.2 Å². The third-order valence-electron chi connectivity index (χ3n) is 3.87. The van der Waals surface area contributed by atoms with Gasteiger partial charge in [-0.2, -0.15) is 0 Å². The second-order valence-corrected chi connectivity index (χ2v) is 6.43. The fraction of sp³-hybridized carbons (Fsp3) is 0.923. The zero-order valence-corrected chi connectivity index (χ0v) is 11.9. The predicted octanol–water partition coefficient (Wildman–Crippen LogP) is 2.81. The van der Waals surface area contributed by atoms with Crippen LogP contribution in [0.2, 0.25) is 0 Å². The molecule has 1 heterocycles. The van der Waals surface area contributed by atoms with Crippen LogP contribution in [0, 0.1) is 11.3 Å². The maximum Gasteiger partial charge on any atom is 0.0784 e. The molecular formula is C13H26N2S. The molecule has 94 valence electrons. The minimum atomic E-state index is -0.000543. The second-order valence-electron chi connectivity index (χ2n) is 5.99. The van der Waals surface area contributed by atoms with Crippen LogP contribution in [0.15, 0.2) is 0 Å². The van der Waals surface area contributed by atoms with E-state index < -0.39 is 0 Å². The Hall–Kier alpha value is -0.150. The Morgan fingerprint density at radius 1 is 1.50 bits per heavy atom. The Morgan fingerprint density at radius 3 is 2.62 bits per heavy atom. The summed E-state index contributed by atoms with van der Waals surface area (Å²) in [5.41, 5.74) is 5.76. The number of likely N-dealkylation sites (tertiary alicyclic amines) is 1. The molecule has 0 bridgehead atoms. The van der Waals surface area contributed by atoms with Crippen LogP contribution < -0.4 is 5.73 Å². The highest BCUT2D eigenvalue weighted by atomic mass is 32.1. The first-order valence-electron chi connectivity index (χ1n) is 6.38. The largest absolute Gasteiger partial charge is 0.393 e. The average molecular weight is 242 g/mol. The van der Waals surface area contributed by atoms with Crippen molar-refractivity contribution in [1.82, 2.24) is 4.90 Å². The van der Waals surface area contributed by atoms with Gasteiger partial charge in [-0.15, -0.1) is 0 Å². The Morgan fingerprint density at radius 2 is 2.12 bits per heavy atom. The van der Waals surface area contributed by atoms with Gasteiger partial charge in [0.2, 0.25) is 0 Å². The van der Waals surface area contributed by atoms with E-state index in [0.717, 1.165) is 24.9 Å². The summed E-state index contributed by atoms with van der Waals surface area (Å²) in [6.45, 7) is 11.3. The molecule has 0 saturated carbocycles. The van der Waals surface area contributed by atoms with Gasteiger partial charge in [0.15, 0.2) is 0 Å². The van der Waals surface area contributed by atoms with E-state index in [1.165, 1.54) is 19.4 Å². The van der Waals surface area contributed by atoms with Crippen LogP contribution in [0.5, 0.6) is 0 Å². The van der Waals surface area contributed by atoms with Crippen LogP contribution in [0.3, 0.4) is 0 Å². The van der Waals surface area contributed by atoms with Crippen LogP contribution in [-0.4, -0.2) is 29.0 Å². The molecule has 1 rings (SSSR count). The van der Waals surface area contributed by atoms with Gasteiger partial charge >= 0.3 is 0 Å². The summed E-state index contributed by atoms with van der Waals surface area (Å²) in [6, 6.07) is 0.766. The summed E-state index contributed by atoms with van der Waals surface area (Å²) in [5.74, 6) is 0.760. The molecule has 16 heavy (non-hydrogen) atoms. The first kappa shape index (κ1) is 13.9. The van der Waals surface area contributed by atoms with Crippen LogP contribution in [0.4, 0.5) is 0 Å². The molecular weight excluding hydrogens is 216 g/mol. The smallest absolute Gasteiger partial charge is 0.0784 e. The molecule has 0 radical (unpaired) electrons. The van der Waals surface area contributed by atoms with Crippen LogP contribution in [0.25, 0.3) is 0 Å².